The molecule has 0 amide bonds. The van der Waals surface area contributed by atoms with E-state index in [4.69, 9.17) is 4.74 Å². The number of hydrogen-bond donors (Lipinski definition) is 1. The van der Waals surface area contributed by atoms with E-state index in [1.165, 1.54) is 0 Å². The van der Waals surface area contributed by atoms with Gasteiger partial charge in [0.05, 0.1) is 18.1 Å². The molecule has 6 heteroatoms. The quantitative estimate of drug-likeness (QED) is 0.677. The zero-order valence-corrected chi connectivity index (χ0v) is 11.9. The molecule has 0 aromatic rings. The fraction of sp³-hybridized carbons (Fsp3) is 1.00. The van der Waals surface area contributed by atoms with Crippen LogP contribution in [0.3, 0.4) is 0 Å². The molecule has 2 heterocycles. The number of likely N-dealkylation sites (N-methyl/N-ethyl adjacent to an activating group) is 1. The second-order valence-corrected chi connectivity index (χ2v) is 7.70. The summed E-state index contributed by atoms with van der Waals surface area (Å²) in [5, 5.41) is 3.43. The van der Waals surface area contributed by atoms with Crippen molar-refractivity contribution in [3.05, 3.63) is 0 Å². The molecule has 18 heavy (non-hydrogen) atoms. The molecule has 2 aliphatic heterocycles. The van der Waals surface area contributed by atoms with E-state index in [1.807, 2.05) is 7.05 Å². The zero-order valence-electron chi connectivity index (χ0n) is 11.1. The third kappa shape index (κ3) is 4.19. The Morgan fingerprint density at radius 1 is 1.39 bits per heavy atom. The Balaban J connectivity index is 1.58. The second-order valence-electron chi connectivity index (χ2n) is 5.47. The van der Waals surface area contributed by atoms with Gasteiger partial charge in [0.15, 0.2) is 9.84 Å². The van der Waals surface area contributed by atoms with Crippen LogP contribution >= 0.6 is 0 Å². The highest BCUT2D eigenvalue weighted by Gasteiger charge is 2.30. The lowest BCUT2D eigenvalue weighted by molar-refractivity contribution is 0.184. The molecule has 0 spiro atoms. The van der Waals surface area contributed by atoms with Crippen molar-refractivity contribution in [1.29, 1.82) is 0 Å². The summed E-state index contributed by atoms with van der Waals surface area (Å²) in [6, 6.07) is 0.214. The molecule has 0 aliphatic carbocycles. The lowest BCUT2D eigenvalue weighted by Crippen LogP contribution is -2.38. The maximum atomic E-state index is 11.4. The fourth-order valence-electron chi connectivity index (χ4n) is 2.61. The standard InChI is InChI=1S/C12H24N2O3S/c1-14(12-3-7-18(15,16)10-12)5-4-13-8-11-2-6-17-9-11/h11-13H,2-10H2,1H3. The molecule has 2 saturated heterocycles. The van der Waals surface area contributed by atoms with E-state index in [9.17, 15) is 8.42 Å². The van der Waals surface area contributed by atoms with Gasteiger partial charge < -0.3 is 15.0 Å². The van der Waals surface area contributed by atoms with Crippen molar-refractivity contribution < 1.29 is 13.2 Å². The molecule has 2 unspecified atom stereocenters. The molecule has 106 valence electrons. The molecule has 0 aromatic carbocycles. The second kappa shape index (κ2) is 6.32. The van der Waals surface area contributed by atoms with Crippen LogP contribution in [0.1, 0.15) is 12.8 Å². The largest absolute Gasteiger partial charge is 0.381 e. The number of rotatable bonds is 6. The van der Waals surface area contributed by atoms with E-state index in [1.54, 1.807) is 0 Å². The summed E-state index contributed by atoms with van der Waals surface area (Å²) in [5.41, 5.74) is 0. The Morgan fingerprint density at radius 3 is 2.83 bits per heavy atom. The van der Waals surface area contributed by atoms with E-state index in [-0.39, 0.29) is 6.04 Å². The minimum Gasteiger partial charge on any atom is -0.381 e. The van der Waals surface area contributed by atoms with Gasteiger partial charge in [-0.25, -0.2) is 8.42 Å². The molecule has 0 radical (unpaired) electrons. The van der Waals surface area contributed by atoms with Crippen LogP contribution in [0.5, 0.6) is 0 Å². The Bertz CT molecular complexity index is 352. The van der Waals surface area contributed by atoms with Gasteiger partial charge in [0.2, 0.25) is 0 Å². The van der Waals surface area contributed by atoms with Crippen LogP contribution in [-0.4, -0.2) is 70.8 Å². The van der Waals surface area contributed by atoms with Crippen molar-refractivity contribution in [3.8, 4) is 0 Å². The molecular formula is C12H24N2O3S. The van der Waals surface area contributed by atoms with Gasteiger partial charge in [0.25, 0.3) is 0 Å². The van der Waals surface area contributed by atoms with E-state index in [2.05, 4.69) is 10.2 Å². The molecule has 2 aliphatic rings. The summed E-state index contributed by atoms with van der Waals surface area (Å²) >= 11 is 0. The SMILES string of the molecule is CN(CCNCC1CCOC1)C1CCS(=O)(=O)C1. The van der Waals surface area contributed by atoms with Gasteiger partial charge in [-0.3, -0.25) is 0 Å². The summed E-state index contributed by atoms with van der Waals surface area (Å²) < 4.78 is 28.1. The highest BCUT2D eigenvalue weighted by Crippen LogP contribution is 2.16. The number of nitrogens with zero attached hydrogens (tertiary/aromatic N) is 1. The van der Waals surface area contributed by atoms with E-state index < -0.39 is 9.84 Å². The fourth-order valence-corrected chi connectivity index (χ4v) is 4.42. The third-order valence-corrected chi connectivity index (χ3v) is 5.68. The Hall–Kier alpha value is -0.170. The summed E-state index contributed by atoms with van der Waals surface area (Å²) in [5.74, 6) is 1.34. The normalized spacial score (nSPS) is 31.2. The van der Waals surface area contributed by atoms with E-state index in [0.717, 1.165) is 45.7 Å². The van der Waals surface area contributed by atoms with Gasteiger partial charge in [0, 0.05) is 32.3 Å². The monoisotopic (exact) mass is 276 g/mol. The lowest BCUT2D eigenvalue weighted by Gasteiger charge is -2.23. The predicted molar refractivity (Wildman–Crippen MR) is 71.5 cm³/mol. The first-order chi connectivity index (χ1) is 8.57. The van der Waals surface area contributed by atoms with Crippen LogP contribution in [0, 0.1) is 5.92 Å². The summed E-state index contributed by atoms with van der Waals surface area (Å²) in [7, 11) is -0.743. The lowest BCUT2D eigenvalue weighted by atomic mass is 10.1. The number of nitrogens with one attached hydrogen (secondary N) is 1. The van der Waals surface area contributed by atoms with Crippen LogP contribution in [0.4, 0.5) is 0 Å². The number of sulfone groups is 1. The zero-order chi connectivity index (χ0) is 13.0. The van der Waals surface area contributed by atoms with Gasteiger partial charge in [-0.05, 0) is 25.8 Å². The van der Waals surface area contributed by atoms with Crippen molar-refractivity contribution in [1.82, 2.24) is 10.2 Å². The van der Waals surface area contributed by atoms with Crippen LogP contribution in [0.15, 0.2) is 0 Å². The predicted octanol–water partition coefficient (Wildman–Crippen LogP) is -0.269. The van der Waals surface area contributed by atoms with Crippen LogP contribution in [0.25, 0.3) is 0 Å². The van der Waals surface area contributed by atoms with E-state index in [0.29, 0.717) is 17.4 Å². The smallest absolute Gasteiger partial charge is 0.151 e. The topological polar surface area (TPSA) is 58.6 Å². The minimum atomic E-state index is -2.76. The average molecular weight is 276 g/mol. The molecule has 5 nitrogen and oxygen atoms in total. The molecule has 0 bridgehead atoms. The Kier molecular flexibility index (Phi) is 5.00. The first-order valence-electron chi connectivity index (χ1n) is 6.76. The Morgan fingerprint density at radius 2 is 2.22 bits per heavy atom. The first-order valence-corrected chi connectivity index (χ1v) is 8.58. The molecule has 1 N–H and O–H groups in total. The Labute approximate surface area is 110 Å². The number of ether oxygens (including phenoxy) is 1. The van der Waals surface area contributed by atoms with Crippen LogP contribution in [0.2, 0.25) is 0 Å². The first kappa shape index (κ1) is 14.2. The maximum Gasteiger partial charge on any atom is 0.151 e. The summed E-state index contributed by atoms with van der Waals surface area (Å²) in [4.78, 5) is 2.17. The van der Waals surface area contributed by atoms with Crippen molar-refractivity contribution in [2.45, 2.75) is 18.9 Å². The number of hydrogen-bond acceptors (Lipinski definition) is 5. The van der Waals surface area contributed by atoms with Crippen molar-refractivity contribution in [3.63, 3.8) is 0 Å². The molecular weight excluding hydrogens is 252 g/mol. The van der Waals surface area contributed by atoms with Crippen LogP contribution < -0.4 is 5.32 Å². The maximum absolute atomic E-state index is 11.4. The molecule has 2 atom stereocenters. The molecule has 0 aromatic heterocycles. The van der Waals surface area contributed by atoms with Crippen molar-refractivity contribution in [2.75, 3.05) is 51.4 Å². The average Bonchev–Trinajstić information content (AvgIpc) is 2.93. The van der Waals surface area contributed by atoms with Gasteiger partial charge in [-0.15, -0.1) is 0 Å². The summed E-state index contributed by atoms with van der Waals surface area (Å²) in [6.45, 7) is 4.62. The molecule has 2 rings (SSSR count). The highest BCUT2D eigenvalue weighted by atomic mass is 32.2. The van der Waals surface area contributed by atoms with Crippen molar-refractivity contribution in [2.24, 2.45) is 5.92 Å². The van der Waals surface area contributed by atoms with Gasteiger partial charge >= 0.3 is 0 Å². The molecule has 0 saturated carbocycles. The van der Waals surface area contributed by atoms with Gasteiger partial charge in [-0.1, -0.05) is 0 Å². The molecule has 2 fully saturated rings. The van der Waals surface area contributed by atoms with Gasteiger partial charge in [0.1, 0.15) is 0 Å². The third-order valence-electron chi connectivity index (χ3n) is 3.93. The summed E-state index contributed by atoms with van der Waals surface area (Å²) in [6.07, 6.45) is 1.94. The van der Waals surface area contributed by atoms with E-state index >= 15 is 0 Å². The minimum absolute atomic E-state index is 0.214. The van der Waals surface area contributed by atoms with Crippen LogP contribution in [-0.2, 0) is 14.6 Å². The highest BCUT2D eigenvalue weighted by molar-refractivity contribution is 7.91. The van der Waals surface area contributed by atoms with Crippen molar-refractivity contribution >= 4 is 9.84 Å². The van der Waals surface area contributed by atoms with Gasteiger partial charge in [-0.2, -0.15) is 0 Å².